The fourth-order valence-corrected chi connectivity index (χ4v) is 2.15. The molecule has 1 amide bonds. The third-order valence-corrected chi connectivity index (χ3v) is 2.86. The minimum Gasteiger partial charge on any atom is -0.465 e. The van der Waals surface area contributed by atoms with Crippen LogP contribution in [0.25, 0.3) is 0 Å². The molecule has 3 rings (SSSR count). The first-order valence-corrected chi connectivity index (χ1v) is 5.13. The number of amides is 1. The van der Waals surface area contributed by atoms with Gasteiger partial charge in [0.2, 0.25) is 6.39 Å². The summed E-state index contributed by atoms with van der Waals surface area (Å²) in [7, 11) is 0. The van der Waals surface area contributed by atoms with Gasteiger partial charge in [0.05, 0.1) is 5.69 Å². The molecule has 1 aliphatic heterocycles. The number of carbonyl (C=O) groups is 1. The maximum Gasteiger partial charge on any atom is 0.412 e. The van der Waals surface area contributed by atoms with Crippen LogP contribution < -0.4 is 4.90 Å². The molecule has 0 bridgehead atoms. The van der Waals surface area contributed by atoms with Crippen molar-refractivity contribution in [2.24, 2.45) is 0 Å². The number of hydrogen-bond donors (Lipinski definition) is 1. The molecule has 0 spiro atoms. The number of aromatic nitrogens is 2. The van der Waals surface area contributed by atoms with Crippen LogP contribution in [0.5, 0.6) is 0 Å². The van der Waals surface area contributed by atoms with Gasteiger partial charge in [0.1, 0.15) is 6.04 Å². The van der Waals surface area contributed by atoms with Gasteiger partial charge in [-0.2, -0.15) is 4.98 Å². The number of fused-ring (bicyclic) bond motifs is 1. The van der Waals surface area contributed by atoms with E-state index in [0.29, 0.717) is 17.9 Å². The standard InChI is InChI=1S/C11H9N3O3/c15-11(16)14-8-4-2-1-3-7(8)5-9(14)10-12-6-17-13-10/h1-4,6,9H,5H2,(H,15,16). The number of benzene rings is 1. The largest absolute Gasteiger partial charge is 0.465 e. The van der Waals surface area contributed by atoms with Crippen molar-refractivity contribution < 1.29 is 14.4 Å². The summed E-state index contributed by atoms with van der Waals surface area (Å²) in [5, 5.41) is 13.0. The molecular weight excluding hydrogens is 222 g/mol. The average Bonchev–Trinajstić information content (AvgIpc) is 2.95. The fraction of sp³-hybridized carbons (Fsp3) is 0.182. The van der Waals surface area contributed by atoms with Gasteiger partial charge in [-0.1, -0.05) is 23.4 Å². The van der Waals surface area contributed by atoms with Gasteiger partial charge in [-0.15, -0.1) is 0 Å². The monoisotopic (exact) mass is 231 g/mol. The van der Waals surface area contributed by atoms with E-state index in [0.717, 1.165) is 5.56 Å². The van der Waals surface area contributed by atoms with E-state index in [1.165, 1.54) is 11.3 Å². The lowest BCUT2D eigenvalue weighted by atomic mass is 10.1. The number of rotatable bonds is 1. The average molecular weight is 231 g/mol. The highest BCUT2D eigenvalue weighted by molar-refractivity contribution is 5.89. The van der Waals surface area contributed by atoms with Crippen molar-refractivity contribution in [1.82, 2.24) is 10.1 Å². The molecule has 1 aliphatic rings. The number of nitrogens with zero attached hydrogens (tertiary/aromatic N) is 3. The maximum atomic E-state index is 11.3. The highest BCUT2D eigenvalue weighted by Gasteiger charge is 2.36. The Labute approximate surface area is 96.5 Å². The maximum absolute atomic E-state index is 11.3. The van der Waals surface area contributed by atoms with E-state index in [9.17, 15) is 9.90 Å². The third kappa shape index (κ3) is 1.45. The second-order valence-electron chi connectivity index (χ2n) is 3.79. The number of hydrogen-bond acceptors (Lipinski definition) is 4. The molecule has 2 aromatic rings. The molecule has 1 unspecified atom stereocenters. The first kappa shape index (κ1) is 9.83. The van der Waals surface area contributed by atoms with Crippen LogP contribution in [0.2, 0.25) is 0 Å². The van der Waals surface area contributed by atoms with Crippen LogP contribution >= 0.6 is 0 Å². The zero-order chi connectivity index (χ0) is 11.8. The predicted molar refractivity (Wildman–Crippen MR) is 57.7 cm³/mol. The van der Waals surface area contributed by atoms with Crippen molar-refractivity contribution in [3.8, 4) is 0 Å². The molecule has 17 heavy (non-hydrogen) atoms. The van der Waals surface area contributed by atoms with Gasteiger partial charge < -0.3 is 9.63 Å². The summed E-state index contributed by atoms with van der Waals surface area (Å²) in [6.07, 6.45) is 0.769. The highest BCUT2D eigenvalue weighted by Crippen LogP contribution is 2.38. The summed E-state index contributed by atoms with van der Waals surface area (Å²) in [5.41, 5.74) is 1.67. The van der Waals surface area contributed by atoms with Crippen molar-refractivity contribution in [3.63, 3.8) is 0 Å². The summed E-state index contributed by atoms with van der Waals surface area (Å²) in [5.74, 6) is 0.392. The Hall–Kier alpha value is -2.37. The number of anilines is 1. The number of carboxylic acid groups (broad SMARTS) is 1. The molecule has 0 aliphatic carbocycles. The molecule has 0 radical (unpaired) electrons. The van der Waals surface area contributed by atoms with Crippen LogP contribution in [-0.4, -0.2) is 21.3 Å². The Morgan fingerprint density at radius 1 is 1.47 bits per heavy atom. The topological polar surface area (TPSA) is 79.5 Å². The third-order valence-electron chi connectivity index (χ3n) is 2.86. The lowest BCUT2D eigenvalue weighted by Gasteiger charge is -2.19. The normalized spacial score (nSPS) is 18.1. The van der Waals surface area contributed by atoms with Crippen molar-refractivity contribution in [2.75, 3.05) is 4.90 Å². The predicted octanol–water partition coefficient (Wildman–Crippen LogP) is 1.85. The van der Waals surface area contributed by atoms with E-state index in [1.54, 1.807) is 6.07 Å². The quantitative estimate of drug-likeness (QED) is 0.810. The van der Waals surface area contributed by atoms with E-state index in [-0.39, 0.29) is 0 Å². The van der Waals surface area contributed by atoms with Gasteiger partial charge >= 0.3 is 6.09 Å². The molecule has 1 atom stereocenters. The zero-order valence-corrected chi connectivity index (χ0v) is 8.78. The Morgan fingerprint density at radius 3 is 3.00 bits per heavy atom. The summed E-state index contributed by atoms with van der Waals surface area (Å²) >= 11 is 0. The van der Waals surface area contributed by atoms with Crippen LogP contribution in [0.4, 0.5) is 10.5 Å². The lowest BCUT2D eigenvalue weighted by molar-refractivity contribution is 0.199. The van der Waals surface area contributed by atoms with Crippen LogP contribution in [0, 0.1) is 0 Å². The Kier molecular flexibility index (Phi) is 2.07. The van der Waals surface area contributed by atoms with Crippen LogP contribution in [0.1, 0.15) is 17.4 Å². The van der Waals surface area contributed by atoms with Crippen molar-refractivity contribution in [3.05, 3.63) is 42.0 Å². The van der Waals surface area contributed by atoms with Crippen LogP contribution in [0.15, 0.2) is 35.2 Å². The molecule has 0 saturated carbocycles. The Balaban J connectivity index is 2.07. The summed E-state index contributed by atoms with van der Waals surface area (Å²) in [6.45, 7) is 0. The van der Waals surface area contributed by atoms with E-state index < -0.39 is 12.1 Å². The molecule has 1 aromatic heterocycles. The minimum absolute atomic E-state index is 0.392. The second-order valence-corrected chi connectivity index (χ2v) is 3.79. The van der Waals surface area contributed by atoms with Crippen molar-refractivity contribution in [1.29, 1.82) is 0 Å². The minimum atomic E-state index is -1.01. The van der Waals surface area contributed by atoms with E-state index in [4.69, 9.17) is 0 Å². The van der Waals surface area contributed by atoms with Gasteiger partial charge in [-0.25, -0.2) is 4.79 Å². The summed E-state index contributed by atoms with van der Waals surface area (Å²) in [4.78, 5) is 16.5. The molecule has 0 saturated heterocycles. The fourth-order valence-electron chi connectivity index (χ4n) is 2.15. The summed E-state index contributed by atoms with van der Waals surface area (Å²) < 4.78 is 4.67. The Morgan fingerprint density at radius 2 is 2.29 bits per heavy atom. The molecule has 1 N–H and O–H groups in total. The first-order valence-electron chi connectivity index (χ1n) is 5.13. The Bertz CT molecular complexity index is 553. The highest BCUT2D eigenvalue weighted by atomic mass is 16.5. The molecule has 1 aromatic carbocycles. The van der Waals surface area contributed by atoms with Gasteiger partial charge in [-0.05, 0) is 11.6 Å². The second kappa shape index (κ2) is 3.58. The van der Waals surface area contributed by atoms with Crippen molar-refractivity contribution in [2.45, 2.75) is 12.5 Å². The molecular formula is C11H9N3O3. The van der Waals surface area contributed by atoms with Crippen molar-refractivity contribution >= 4 is 11.8 Å². The molecule has 0 fully saturated rings. The van der Waals surface area contributed by atoms with Gasteiger partial charge in [0.15, 0.2) is 5.82 Å². The first-order chi connectivity index (χ1) is 8.27. The van der Waals surface area contributed by atoms with Crippen LogP contribution in [-0.2, 0) is 6.42 Å². The van der Waals surface area contributed by atoms with E-state index >= 15 is 0 Å². The lowest BCUT2D eigenvalue weighted by Crippen LogP contribution is -2.31. The smallest absolute Gasteiger partial charge is 0.412 e. The van der Waals surface area contributed by atoms with Gasteiger partial charge in [-0.3, -0.25) is 4.90 Å². The van der Waals surface area contributed by atoms with Gasteiger partial charge in [0, 0.05) is 6.42 Å². The SMILES string of the molecule is O=C(O)N1c2ccccc2CC1c1ncon1. The molecule has 6 nitrogen and oxygen atoms in total. The molecule has 6 heteroatoms. The van der Waals surface area contributed by atoms with Crippen LogP contribution in [0.3, 0.4) is 0 Å². The number of para-hydroxylation sites is 1. The van der Waals surface area contributed by atoms with E-state index in [1.807, 2.05) is 18.2 Å². The summed E-state index contributed by atoms with van der Waals surface area (Å²) in [6, 6.07) is 6.99. The zero-order valence-electron chi connectivity index (χ0n) is 8.78. The van der Waals surface area contributed by atoms with E-state index in [2.05, 4.69) is 14.7 Å². The molecule has 86 valence electrons. The molecule has 2 heterocycles. The van der Waals surface area contributed by atoms with Gasteiger partial charge in [0.25, 0.3) is 0 Å².